The third kappa shape index (κ3) is 4.23. The van der Waals surface area contributed by atoms with Gasteiger partial charge in [-0.3, -0.25) is 4.79 Å². The molecule has 0 aromatic heterocycles. The lowest BCUT2D eigenvalue weighted by Gasteiger charge is -2.34. The fraction of sp³-hybridized carbons (Fsp3) is 0.350. The number of hydrogen-bond acceptors (Lipinski definition) is 3. The van der Waals surface area contributed by atoms with Crippen molar-refractivity contribution >= 4 is 15.9 Å². The highest BCUT2D eigenvalue weighted by molar-refractivity contribution is 7.89. The molecule has 0 saturated carbocycles. The molecule has 1 saturated heterocycles. The van der Waals surface area contributed by atoms with Crippen LogP contribution in [0.1, 0.15) is 24.8 Å². The summed E-state index contributed by atoms with van der Waals surface area (Å²) in [5.41, 5.74) is 1.06. The highest BCUT2D eigenvalue weighted by Crippen LogP contribution is 2.24. The topological polar surface area (TPSA) is 57.7 Å². The van der Waals surface area contributed by atoms with Crippen molar-refractivity contribution in [1.82, 2.24) is 9.21 Å². The first-order chi connectivity index (χ1) is 13.3. The lowest BCUT2D eigenvalue weighted by atomic mass is 9.97. The molecule has 1 aliphatic heterocycles. The van der Waals surface area contributed by atoms with Gasteiger partial charge in [0.25, 0.3) is 0 Å². The van der Waals surface area contributed by atoms with Crippen LogP contribution in [0.15, 0.2) is 53.4 Å². The zero-order valence-corrected chi connectivity index (χ0v) is 16.3. The van der Waals surface area contributed by atoms with Crippen molar-refractivity contribution in [3.8, 4) is 0 Å². The molecule has 0 aliphatic carbocycles. The number of hydrogen-bond donors (Lipinski definition) is 0. The molecule has 1 fully saturated rings. The van der Waals surface area contributed by atoms with Crippen LogP contribution in [0.5, 0.6) is 0 Å². The zero-order chi connectivity index (χ0) is 20.3. The molecule has 150 valence electrons. The molecule has 5 nitrogen and oxygen atoms in total. The van der Waals surface area contributed by atoms with Crippen LogP contribution in [0.25, 0.3) is 0 Å². The van der Waals surface area contributed by atoms with Crippen LogP contribution in [-0.2, 0) is 14.8 Å². The molecule has 1 heterocycles. The summed E-state index contributed by atoms with van der Waals surface area (Å²) in [6, 6.07) is 12.6. The number of amides is 1. The minimum absolute atomic E-state index is 0.00155. The lowest BCUT2D eigenvalue weighted by Crippen LogP contribution is -2.50. The molecule has 1 atom stereocenters. The maximum Gasteiger partial charge on any atom is 0.249 e. The molecular formula is C20H22F2N2O3S. The Bertz CT molecular complexity index is 923. The Balaban J connectivity index is 1.63. The first-order valence-electron chi connectivity index (χ1n) is 9.07. The predicted molar refractivity (Wildman–Crippen MR) is 101 cm³/mol. The van der Waals surface area contributed by atoms with Crippen molar-refractivity contribution in [1.29, 1.82) is 0 Å². The fourth-order valence-corrected chi connectivity index (χ4v) is 4.86. The minimum atomic E-state index is -4.29. The van der Waals surface area contributed by atoms with Gasteiger partial charge in [0.05, 0.1) is 0 Å². The number of rotatable bonds is 5. The summed E-state index contributed by atoms with van der Waals surface area (Å²) in [5, 5.41) is 0. The van der Waals surface area contributed by atoms with Crippen molar-refractivity contribution in [2.24, 2.45) is 0 Å². The van der Waals surface area contributed by atoms with Crippen LogP contribution in [-0.4, -0.2) is 49.7 Å². The number of halogens is 2. The van der Waals surface area contributed by atoms with Crippen LogP contribution < -0.4 is 0 Å². The van der Waals surface area contributed by atoms with Crippen molar-refractivity contribution in [3.05, 3.63) is 65.7 Å². The van der Waals surface area contributed by atoms with Gasteiger partial charge in [-0.2, -0.15) is 4.31 Å². The van der Waals surface area contributed by atoms with E-state index >= 15 is 0 Å². The minimum Gasteiger partial charge on any atom is -0.340 e. The second kappa shape index (κ2) is 8.36. The Morgan fingerprint density at radius 3 is 2.11 bits per heavy atom. The Hall–Kier alpha value is -2.32. The van der Waals surface area contributed by atoms with Crippen LogP contribution >= 0.6 is 0 Å². The maximum absolute atomic E-state index is 13.9. The molecule has 0 bridgehead atoms. The average Bonchev–Trinajstić information content (AvgIpc) is 2.68. The molecule has 0 radical (unpaired) electrons. The average molecular weight is 408 g/mol. The molecule has 0 spiro atoms. The van der Waals surface area contributed by atoms with E-state index < -0.39 is 26.6 Å². The van der Waals surface area contributed by atoms with Gasteiger partial charge in [0, 0.05) is 32.6 Å². The third-order valence-corrected chi connectivity index (χ3v) is 6.91. The standard InChI is InChI=1S/C20H22F2N2O3S/c1-15(16-6-3-2-4-7-16)14-19(25)23-10-12-24(13-11-23)28(26,27)20-17(21)8-5-9-18(20)22/h2-9,15H,10-14H2,1H3/t15-/m0/s1. The lowest BCUT2D eigenvalue weighted by molar-refractivity contribution is -0.132. The molecule has 1 amide bonds. The molecule has 1 aliphatic rings. The first kappa shape index (κ1) is 20.4. The Labute approximate surface area is 163 Å². The summed E-state index contributed by atoms with van der Waals surface area (Å²) in [7, 11) is -4.29. The number of carbonyl (C=O) groups is 1. The fourth-order valence-electron chi connectivity index (χ4n) is 3.33. The number of carbonyl (C=O) groups excluding carboxylic acids is 1. The summed E-state index contributed by atoms with van der Waals surface area (Å²) in [6.45, 7) is 2.35. The Morgan fingerprint density at radius 2 is 1.54 bits per heavy atom. The summed E-state index contributed by atoms with van der Waals surface area (Å²) >= 11 is 0. The summed E-state index contributed by atoms with van der Waals surface area (Å²) < 4.78 is 54.0. The largest absolute Gasteiger partial charge is 0.340 e. The van der Waals surface area contributed by atoms with Gasteiger partial charge in [-0.25, -0.2) is 17.2 Å². The summed E-state index contributed by atoms with van der Waals surface area (Å²) in [5.74, 6) is -2.25. The van der Waals surface area contributed by atoms with Crippen LogP contribution in [0.3, 0.4) is 0 Å². The van der Waals surface area contributed by atoms with Gasteiger partial charge in [-0.1, -0.05) is 43.3 Å². The van der Waals surface area contributed by atoms with Crippen molar-refractivity contribution < 1.29 is 22.0 Å². The maximum atomic E-state index is 13.9. The van der Waals surface area contributed by atoms with E-state index in [1.54, 1.807) is 4.90 Å². The van der Waals surface area contributed by atoms with E-state index in [0.29, 0.717) is 6.42 Å². The Kier molecular flexibility index (Phi) is 6.10. The monoisotopic (exact) mass is 408 g/mol. The van der Waals surface area contributed by atoms with Crippen molar-refractivity contribution in [3.63, 3.8) is 0 Å². The highest BCUT2D eigenvalue weighted by Gasteiger charge is 2.34. The van der Waals surface area contributed by atoms with Crippen molar-refractivity contribution in [2.75, 3.05) is 26.2 Å². The van der Waals surface area contributed by atoms with E-state index in [2.05, 4.69) is 0 Å². The van der Waals surface area contributed by atoms with E-state index in [1.807, 2.05) is 37.3 Å². The van der Waals surface area contributed by atoms with Gasteiger partial charge in [0.2, 0.25) is 15.9 Å². The van der Waals surface area contributed by atoms with Gasteiger partial charge in [0.1, 0.15) is 11.6 Å². The number of sulfonamides is 1. The molecular weight excluding hydrogens is 386 g/mol. The molecule has 2 aromatic carbocycles. The summed E-state index contributed by atoms with van der Waals surface area (Å²) in [4.78, 5) is 13.2. The van der Waals surface area contributed by atoms with Gasteiger partial charge in [-0.15, -0.1) is 0 Å². The van der Waals surface area contributed by atoms with Crippen molar-refractivity contribution in [2.45, 2.75) is 24.2 Å². The quantitative estimate of drug-likeness (QED) is 0.764. The van der Waals surface area contributed by atoms with Gasteiger partial charge >= 0.3 is 0 Å². The summed E-state index contributed by atoms with van der Waals surface area (Å²) in [6.07, 6.45) is 0.318. The molecule has 8 heteroatoms. The van der Waals surface area contributed by atoms with Crippen LogP contribution in [0, 0.1) is 11.6 Å². The second-order valence-electron chi connectivity index (χ2n) is 6.85. The molecule has 28 heavy (non-hydrogen) atoms. The predicted octanol–water partition coefficient (Wildman–Crippen LogP) is 2.99. The molecule has 0 N–H and O–H groups in total. The molecule has 0 unspecified atom stereocenters. The SMILES string of the molecule is C[C@@H](CC(=O)N1CCN(S(=O)(=O)c2c(F)cccc2F)CC1)c1ccccc1. The third-order valence-electron chi connectivity index (χ3n) is 4.96. The van der Waals surface area contributed by atoms with E-state index in [4.69, 9.17) is 0 Å². The molecule has 2 aromatic rings. The second-order valence-corrected chi connectivity index (χ2v) is 8.73. The normalized spacial score (nSPS) is 16.8. The number of piperazine rings is 1. The van der Waals surface area contributed by atoms with E-state index in [9.17, 15) is 22.0 Å². The van der Waals surface area contributed by atoms with Gasteiger partial charge < -0.3 is 4.90 Å². The number of benzene rings is 2. The first-order valence-corrected chi connectivity index (χ1v) is 10.5. The van der Waals surface area contributed by atoms with E-state index in [0.717, 1.165) is 28.1 Å². The van der Waals surface area contributed by atoms with Crippen LogP contribution in [0.2, 0.25) is 0 Å². The highest BCUT2D eigenvalue weighted by atomic mass is 32.2. The zero-order valence-electron chi connectivity index (χ0n) is 15.5. The smallest absolute Gasteiger partial charge is 0.249 e. The van der Waals surface area contributed by atoms with Gasteiger partial charge in [0.15, 0.2) is 4.90 Å². The van der Waals surface area contributed by atoms with Crippen LogP contribution in [0.4, 0.5) is 8.78 Å². The van der Waals surface area contributed by atoms with E-state index in [-0.39, 0.29) is 38.0 Å². The van der Waals surface area contributed by atoms with E-state index in [1.165, 1.54) is 0 Å². The molecule has 3 rings (SSSR count). The van der Waals surface area contributed by atoms with Gasteiger partial charge in [-0.05, 0) is 23.6 Å². The Morgan fingerprint density at radius 1 is 0.964 bits per heavy atom. The number of nitrogens with zero attached hydrogens (tertiary/aromatic N) is 2.